The lowest BCUT2D eigenvalue weighted by Crippen LogP contribution is -2.24. The van der Waals surface area contributed by atoms with Gasteiger partial charge in [0.2, 0.25) is 15.9 Å². The number of hydrogen-bond acceptors (Lipinski definition) is 4. The molecule has 0 atom stereocenters. The Labute approximate surface area is 123 Å². The van der Waals surface area contributed by atoms with Gasteiger partial charge in [-0.1, -0.05) is 17.7 Å². The molecule has 0 saturated heterocycles. The molecule has 0 radical (unpaired) electrons. The first-order valence-electron chi connectivity index (χ1n) is 5.99. The van der Waals surface area contributed by atoms with Crippen molar-refractivity contribution in [2.24, 2.45) is 0 Å². The van der Waals surface area contributed by atoms with Gasteiger partial charge in [-0.25, -0.2) is 18.1 Å². The smallest absolute Gasteiger partial charge is 0.241 e. The third kappa shape index (κ3) is 3.03. The minimum atomic E-state index is -3.65. The summed E-state index contributed by atoms with van der Waals surface area (Å²) in [6.45, 7) is 5.25. The molecule has 2 rings (SSSR count). The molecule has 0 saturated carbocycles. The lowest BCUT2D eigenvalue weighted by Gasteiger charge is -2.08. The van der Waals surface area contributed by atoms with Crippen LogP contribution in [-0.4, -0.2) is 13.4 Å². The topological polar surface area (TPSA) is 72.2 Å². The number of aromatic nitrogens is 1. The first kappa shape index (κ1) is 15.0. The highest BCUT2D eigenvalue weighted by Gasteiger charge is 2.19. The molecule has 20 heavy (non-hydrogen) atoms. The molecule has 0 spiro atoms. The van der Waals surface area contributed by atoms with Crippen LogP contribution >= 0.6 is 11.6 Å². The van der Waals surface area contributed by atoms with E-state index in [1.54, 1.807) is 32.9 Å². The zero-order valence-corrected chi connectivity index (χ0v) is 13.0. The van der Waals surface area contributed by atoms with Gasteiger partial charge in [0.15, 0.2) is 0 Å². The first-order valence-corrected chi connectivity index (χ1v) is 7.85. The van der Waals surface area contributed by atoms with Crippen molar-refractivity contribution in [1.82, 2.24) is 9.71 Å². The highest BCUT2D eigenvalue weighted by Crippen LogP contribution is 2.22. The fraction of sp³-hybridized carbons (Fsp3) is 0.308. The molecule has 5 nitrogen and oxygen atoms in total. The number of oxazole rings is 1. The van der Waals surface area contributed by atoms with E-state index >= 15 is 0 Å². The SMILES string of the molecule is Cc1nc(CNS(=O)(=O)c2cccc(Cl)c2C)oc1C. The fourth-order valence-corrected chi connectivity index (χ4v) is 3.20. The fourth-order valence-electron chi connectivity index (χ4n) is 1.73. The zero-order chi connectivity index (χ0) is 14.9. The Morgan fingerprint density at radius 2 is 2.00 bits per heavy atom. The maximum atomic E-state index is 12.2. The summed E-state index contributed by atoms with van der Waals surface area (Å²) in [5.41, 5.74) is 1.26. The van der Waals surface area contributed by atoms with Gasteiger partial charge in [0.05, 0.1) is 17.1 Å². The molecular weight excluding hydrogens is 300 g/mol. The van der Waals surface area contributed by atoms with Crippen molar-refractivity contribution in [3.63, 3.8) is 0 Å². The summed E-state index contributed by atoms with van der Waals surface area (Å²) in [6.07, 6.45) is 0. The lowest BCUT2D eigenvalue weighted by molar-refractivity contribution is 0.463. The van der Waals surface area contributed by atoms with E-state index in [1.165, 1.54) is 6.07 Å². The number of nitrogens with one attached hydrogen (secondary N) is 1. The molecule has 2 aromatic rings. The van der Waals surface area contributed by atoms with Gasteiger partial charge in [-0.15, -0.1) is 0 Å². The first-order chi connectivity index (χ1) is 9.31. The molecule has 0 aliphatic carbocycles. The number of aryl methyl sites for hydroxylation is 2. The Bertz CT molecular complexity index is 719. The molecule has 0 fully saturated rings. The minimum Gasteiger partial charge on any atom is -0.444 e. The number of benzene rings is 1. The van der Waals surface area contributed by atoms with Crippen molar-refractivity contribution in [1.29, 1.82) is 0 Å². The lowest BCUT2D eigenvalue weighted by atomic mass is 10.2. The van der Waals surface area contributed by atoms with Crippen LogP contribution in [0.2, 0.25) is 5.02 Å². The van der Waals surface area contributed by atoms with Crippen LogP contribution in [0.5, 0.6) is 0 Å². The summed E-state index contributed by atoms with van der Waals surface area (Å²) in [4.78, 5) is 4.28. The van der Waals surface area contributed by atoms with Gasteiger partial charge in [-0.05, 0) is 38.5 Å². The van der Waals surface area contributed by atoms with Gasteiger partial charge < -0.3 is 4.42 Å². The highest BCUT2D eigenvalue weighted by molar-refractivity contribution is 7.89. The van der Waals surface area contributed by atoms with Crippen LogP contribution in [0.1, 0.15) is 22.9 Å². The normalized spacial score (nSPS) is 11.8. The highest BCUT2D eigenvalue weighted by atomic mass is 35.5. The molecule has 0 aliphatic heterocycles. The summed E-state index contributed by atoms with van der Waals surface area (Å²) in [5.74, 6) is 1.02. The molecule has 0 unspecified atom stereocenters. The molecule has 108 valence electrons. The average Bonchev–Trinajstić information content (AvgIpc) is 2.70. The number of halogens is 1. The largest absolute Gasteiger partial charge is 0.444 e. The second kappa shape index (κ2) is 5.55. The molecule has 1 aromatic heterocycles. The van der Waals surface area contributed by atoms with Crippen LogP contribution in [0, 0.1) is 20.8 Å². The summed E-state index contributed by atoms with van der Waals surface area (Å²) >= 11 is 5.94. The summed E-state index contributed by atoms with van der Waals surface area (Å²) in [7, 11) is -3.65. The molecule has 1 heterocycles. The quantitative estimate of drug-likeness (QED) is 0.941. The number of rotatable bonds is 4. The third-order valence-corrected chi connectivity index (χ3v) is 4.95. The van der Waals surface area contributed by atoms with E-state index in [4.69, 9.17) is 16.0 Å². The van der Waals surface area contributed by atoms with Crippen molar-refractivity contribution in [2.75, 3.05) is 0 Å². The predicted molar refractivity (Wildman–Crippen MR) is 76.2 cm³/mol. The van der Waals surface area contributed by atoms with Crippen molar-refractivity contribution >= 4 is 21.6 Å². The van der Waals surface area contributed by atoms with E-state index in [0.29, 0.717) is 22.2 Å². The van der Waals surface area contributed by atoms with E-state index < -0.39 is 10.0 Å². The minimum absolute atomic E-state index is 0.00294. The summed E-state index contributed by atoms with van der Waals surface area (Å²) in [6, 6.07) is 4.76. The van der Waals surface area contributed by atoms with E-state index in [2.05, 4.69) is 9.71 Å². The van der Waals surface area contributed by atoms with Gasteiger partial charge >= 0.3 is 0 Å². The van der Waals surface area contributed by atoms with Gasteiger partial charge in [0.25, 0.3) is 0 Å². The Kier molecular flexibility index (Phi) is 4.17. The Hall–Kier alpha value is -1.37. The molecule has 1 aromatic carbocycles. The molecular formula is C13H15ClN2O3S. The van der Waals surface area contributed by atoms with Crippen LogP contribution in [0.15, 0.2) is 27.5 Å². The van der Waals surface area contributed by atoms with Crippen LogP contribution in [0.3, 0.4) is 0 Å². The Balaban J connectivity index is 2.21. The van der Waals surface area contributed by atoms with E-state index in [1.807, 2.05) is 0 Å². The van der Waals surface area contributed by atoms with E-state index in [0.717, 1.165) is 5.69 Å². The third-order valence-electron chi connectivity index (χ3n) is 2.99. The van der Waals surface area contributed by atoms with Crippen molar-refractivity contribution in [3.8, 4) is 0 Å². The van der Waals surface area contributed by atoms with Crippen molar-refractivity contribution < 1.29 is 12.8 Å². The summed E-state index contributed by atoms with van der Waals surface area (Å²) < 4.78 is 32.3. The second-order valence-corrected chi connectivity index (χ2v) is 6.58. The van der Waals surface area contributed by atoms with E-state index in [-0.39, 0.29) is 11.4 Å². The van der Waals surface area contributed by atoms with Crippen LogP contribution in [-0.2, 0) is 16.6 Å². The maximum Gasteiger partial charge on any atom is 0.241 e. The Morgan fingerprint density at radius 3 is 2.60 bits per heavy atom. The number of nitrogens with zero attached hydrogens (tertiary/aromatic N) is 1. The Morgan fingerprint density at radius 1 is 1.30 bits per heavy atom. The zero-order valence-electron chi connectivity index (χ0n) is 11.4. The number of hydrogen-bond donors (Lipinski definition) is 1. The molecule has 0 aliphatic rings. The predicted octanol–water partition coefficient (Wildman–Crippen LogP) is 2.73. The molecule has 0 amide bonds. The van der Waals surface area contributed by atoms with Crippen molar-refractivity contribution in [2.45, 2.75) is 32.2 Å². The van der Waals surface area contributed by atoms with Crippen LogP contribution in [0.4, 0.5) is 0 Å². The summed E-state index contributed by atoms with van der Waals surface area (Å²) in [5, 5.41) is 0.413. The van der Waals surface area contributed by atoms with Crippen LogP contribution < -0.4 is 4.72 Å². The second-order valence-electron chi connectivity index (χ2n) is 4.44. The van der Waals surface area contributed by atoms with E-state index in [9.17, 15) is 8.42 Å². The van der Waals surface area contributed by atoms with Gasteiger partial charge in [-0.2, -0.15) is 0 Å². The maximum absolute atomic E-state index is 12.2. The van der Waals surface area contributed by atoms with Gasteiger partial charge in [0, 0.05) is 5.02 Å². The van der Waals surface area contributed by atoms with Crippen molar-refractivity contribution in [3.05, 3.63) is 46.1 Å². The average molecular weight is 315 g/mol. The van der Waals surface area contributed by atoms with Gasteiger partial charge in [-0.3, -0.25) is 0 Å². The monoisotopic (exact) mass is 314 g/mol. The number of sulfonamides is 1. The molecule has 1 N–H and O–H groups in total. The van der Waals surface area contributed by atoms with Crippen LogP contribution in [0.25, 0.3) is 0 Å². The molecule has 0 bridgehead atoms. The van der Waals surface area contributed by atoms with Gasteiger partial charge in [0.1, 0.15) is 5.76 Å². The standard InChI is InChI=1S/C13H15ClN2O3S/c1-8-11(14)5-4-6-12(8)20(17,18)15-7-13-16-9(2)10(3)19-13/h4-6,15H,7H2,1-3H3. The molecule has 7 heteroatoms.